The number of nitrogens with one attached hydrogen (secondary N) is 1. The van der Waals surface area contributed by atoms with Gasteiger partial charge in [0.15, 0.2) is 0 Å². The molecular weight excluding hydrogens is 545 g/mol. The summed E-state index contributed by atoms with van der Waals surface area (Å²) in [5.41, 5.74) is 3.21. The molecule has 0 bridgehead atoms. The number of hydrogen-bond acceptors (Lipinski definition) is 4. The van der Waals surface area contributed by atoms with E-state index in [1.807, 2.05) is 46.8 Å². The Balaban J connectivity index is 2.29. The van der Waals surface area contributed by atoms with Gasteiger partial charge in [0.05, 0.1) is 22.0 Å². The van der Waals surface area contributed by atoms with Crippen LogP contribution in [-0.2, 0) is 26.2 Å². The average Bonchev–Trinajstić information content (AvgIpc) is 2.85. The molecule has 7 nitrogen and oxygen atoms in total. The molecule has 0 heterocycles. The standard InChI is InChI=1S/C28H39Cl2N3O4S/c1-7-20(4)31-28(35)25(8-2)32(18-22-14-15-23(29)24(30)17-22)27(34)13-10-16-33(38(6,36)37)26-12-9-11-19(3)21(26)5/h9,11-12,14-15,17,20,25H,7-8,10,13,16,18H2,1-6H3,(H,31,35). The number of hydrogen-bond donors (Lipinski definition) is 1. The number of carbonyl (C=O) groups excluding carboxylic acids is 2. The first-order chi connectivity index (χ1) is 17.8. The van der Waals surface area contributed by atoms with Crippen molar-refractivity contribution in [3.8, 4) is 0 Å². The summed E-state index contributed by atoms with van der Waals surface area (Å²) in [4.78, 5) is 28.3. The normalized spacial score (nSPS) is 13.1. The SMILES string of the molecule is CCC(C)NC(=O)C(CC)N(Cc1ccc(Cl)c(Cl)c1)C(=O)CCCN(c1cccc(C)c1C)S(C)(=O)=O. The summed E-state index contributed by atoms with van der Waals surface area (Å²) in [5.74, 6) is -0.458. The van der Waals surface area contributed by atoms with Crippen LogP contribution in [0.25, 0.3) is 0 Å². The Bertz CT molecular complexity index is 1240. The fourth-order valence-corrected chi connectivity index (χ4v) is 5.52. The molecule has 38 heavy (non-hydrogen) atoms. The predicted octanol–water partition coefficient (Wildman–Crippen LogP) is 5.88. The van der Waals surface area contributed by atoms with Gasteiger partial charge in [-0.2, -0.15) is 0 Å². The summed E-state index contributed by atoms with van der Waals surface area (Å²) < 4.78 is 26.6. The van der Waals surface area contributed by atoms with E-state index >= 15 is 0 Å². The van der Waals surface area contributed by atoms with Crippen molar-refractivity contribution in [3.05, 3.63) is 63.1 Å². The van der Waals surface area contributed by atoms with Crippen molar-refractivity contribution in [2.45, 2.75) is 78.9 Å². The van der Waals surface area contributed by atoms with Crippen molar-refractivity contribution in [1.82, 2.24) is 10.2 Å². The molecule has 2 aromatic rings. The van der Waals surface area contributed by atoms with E-state index in [0.717, 1.165) is 23.1 Å². The lowest BCUT2D eigenvalue weighted by Gasteiger charge is -2.32. The molecule has 10 heteroatoms. The monoisotopic (exact) mass is 583 g/mol. The van der Waals surface area contributed by atoms with Crippen LogP contribution in [0.2, 0.25) is 10.0 Å². The highest BCUT2D eigenvalue weighted by Crippen LogP contribution is 2.27. The van der Waals surface area contributed by atoms with Gasteiger partial charge in [0.2, 0.25) is 21.8 Å². The number of carbonyl (C=O) groups is 2. The third-order valence-corrected chi connectivity index (χ3v) is 8.64. The number of aryl methyl sites for hydroxylation is 1. The van der Waals surface area contributed by atoms with E-state index in [0.29, 0.717) is 28.6 Å². The zero-order valence-electron chi connectivity index (χ0n) is 23.1. The first kappa shape index (κ1) is 31.9. The minimum atomic E-state index is -3.57. The minimum Gasteiger partial charge on any atom is -0.352 e. The van der Waals surface area contributed by atoms with Gasteiger partial charge in [0, 0.05) is 25.6 Å². The Morgan fingerprint density at radius 1 is 1.03 bits per heavy atom. The maximum absolute atomic E-state index is 13.6. The molecule has 0 fully saturated rings. The lowest BCUT2D eigenvalue weighted by atomic mass is 10.1. The molecule has 0 aliphatic rings. The first-order valence-corrected chi connectivity index (χ1v) is 15.5. The molecule has 2 atom stereocenters. The van der Waals surface area contributed by atoms with Gasteiger partial charge in [-0.15, -0.1) is 0 Å². The van der Waals surface area contributed by atoms with Crippen LogP contribution in [0.1, 0.15) is 63.1 Å². The van der Waals surface area contributed by atoms with Crippen LogP contribution in [0.5, 0.6) is 0 Å². The zero-order valence-corrected chi connectivity index (χ0v) is 25.4. The van der Waals surface area contributed by atoms with Crippen molar-refractivity contribution in [2.75, 3.05) is 17.1 Å². The molecule has 2 unspecified atom stereocenters. The third-order valence-electron chi connectivity index (χ3n) is 6.72. The molecule has 0 saturated carbocycles. The molecule has 2 aromatic carbocycles. The van der Waals surface area contributed by atoms with Crippen LogP contribution < -0.4 is 9.62 Å². The highest BCUT2D eigenvalue weighted by atomic mass is 35.5. The van der Waals surface area contributed by atoms with Crippen LogP contribution in [0.3, 0.4) is 0 Å². The molecule has 0 aliphatic carbocycles. The Labute approximate surface area is 237 Å². The second-order valence-electron chi connectivity index (χ2n) is 9.67. The topological polar surface area (TPSA) is 86.8 Å². The van der Waals surface area contributed by atoms with Gasteiger partial charge in [-0.3, -0.25) is 13.9 Å². The molecule has 0 radical (unpaired) electrons. The largest absolute Gasteiger partial charge is 0.352 e. The summed E-state index contributed by atoms with van der Waals surface area (Å²) in [6.07, 6.45) is 2.72. The summed E-state index contributed by atoms with van der Waals surface area (Å²) in [7, 11) is -3.57. The van der Waals surface area contributed by atoms with E-state index in [2.05, 4.69) is 5.32 Å². The summed E-state index contributed by atoms with van der Waals surface area (Å²) in [6, 6.07) is 9.94. The fourth-order valence-electron chi connectivity index (χ4n) is 4.18. The second-order valence-corrected chi connectivity index (χ2v) is 12.4. The maximum Gasteiger partial charge on any atom is 0.243 e. The molecule has 2 amide bonds. The Morgan fingerprint density at radius 2 is 1.71 bits per heavy atom. The quantitative estimate of drug-likeness (QED) is 0.319. The van der Waals surface area contributed by atoms with Gasteiger partial charge >= 0.3 is 0 Å². The zero-order chi connectivity index (χ0) is 28.6. The Kier molecular flexibility index (Phi) is 11.9. The molecular formula is C28H39Cl2N3O4S. The van der Waals surface area contributed by atoms with E-state index in [1.165, 1.54) is 10.6 Å². The summed E-state index contributed by atoms with van der Waals surface area (Å²) in [6.45, 7) is 9.90. The highest BCUT2D eigenvalue weighted by Gasteiger charge is 2.29. The number of halogens is 2. The number of benzene rings is 2. The number of sulfonamides is 1. The van der Waals surface area contributed by atoms with Gasteiger partial charge in [-0.1, -0.05) is 55.2 Å². The van der Waals surface area contributed by atoms with Crippen molar-refractivity contribution in [3.63, 3.8) is 0 Å². The van der Waals surface area contributed by atoms with E-state index in [4.69, 9.17) is 23.2 Å². The molecule has 1 N–H and O–H groups in total. The Hall–Kier alpha value is -2.29. The second kappa shape index (κ2) is 14.2. The van der Waals surface area contributed by atoms with Crippen LogP contribution in [0, 0.1) is 13.8 Å². The van der Waals surface area contributed by atoms with Gasteiger partial charge in [-0.05, 0) is 74.9 Å². The Morgan fingerprint density at radius 3 is 2.29 bits per heavy atom. The van der Waals surface area contributed by atoms with Crippen molar-refractivity contribution < 1.29 is 18.0 Å². The van der Waals surface area contributed by atoms with E-state index in [-0.39, 0.29) is 37.4 Å². The van der Waals surface area contributed by atoms with Gasteiger partial charge < -0.3 is 10.2 Å². The smallest absolute Gasteiger partial charge is 0.243 e. The van der Waals surface area contributed by atoms with Crippen molar-refractivity contribution in [1.29, 1.82) is 0 Å². The fraction of sp³-hybridized carbons (Fsp3) is 0.500. The third kappa shape index (κ3) is 8.61. The van der Waals surface area contributed by atoms with Crippen molar-refractivity contribution in [2.24, 2.45) is 0 Å². The number of amides is 2. The molecule has 0 aromatic heterocycles. The molecule has 2 rings (SSSR count). The molecule has 0 saturated heterocycles. The van der Waals surface area contributed by atoms with Crippen molar-refractivity contribution >= 4 is 50.7 Å². The van der Waals surface area contributed by atoms with Crippen LogP contribution in [-0.4, -0.2) is 50.0 Å². The number of anilines is 1. The molecule has 0 aliphatic heterocycles. The van der Waals surface area contributed by atoms with E-state index in [9.17, 15) is 18.0 Å². The highest BCUT2D eigenvalue weighted by molar-refractivity contribution is 7.92. The maximum atomic E-state index is 13.6. The minimum absolute atomic E-state index is 0.0284. The lowest BCUT2D eigenvalue weighted by Crippen LogP contribution is -2.50. The van der Waals surface area contributed by atoms with Crippen LogP contribution in [0.15, 0.2) is 36.4 Å². The predicted molar refractivity (Wildman–Crippen MR) is 156 cm³/mol. The summed E-state index contributed by atoms with van der Waals surface area (Å²) >= 11 is 12.3. The molecule has 210 valence electrons. The van der Waals surface area contributed by atoms with Crippen LogP contribution >= 0.6 is 23.2 Å². The van der Waals surface area contributed by atoms with E-state index in [1.54, 1.807) is 29.2 Å². The van der Waals surface area contributed by atoms with Gasteiger partial charge in [-0.25, -0.2) is 8.42 Å². The van der Waals surface area contributed by atoms with Crippen LogP contribution in [0.4, 0.5) is 5.69 Å². The van der Waals surface area contributed by atoms with Gasteiger partial charge in [0.1, 0.15) is 6.04 Å². The van der Waals surface area contributed by atoms with E-state index < -0.39 is 16.1 Å². The number of rotatable bonds is 13. The number of nitrogens with zero attached hydrogens (tertiary/aromatic N) is 2. The molecule has 0 spiro atoms. The first-order valence-electron chi connectivity index (χ1n) is 12.9. The van der Waals surface area contributed by atoms with Gasteiger partial charge in [0.25, 0.3) is 0 Å². The average molecular weight is 585 g/mol. The summed E-state index contributed by atoms with van der Waals surface area (Å²) in [5, 5.41) is 3.75. The lowest BCUT2D eigenvalue weighted by molar-refractivity contribution is -0.141.